The molecule has 3 rings (SSSR count). The van der Waals surface area contributed by atoms with Crippen molar-refractivity contribution >= 4 is 26.9 Å². The second-order valence-electron chi connectivity index (χ2n) is 5.06. The Morgan fingerprint density at radius 1 is 1.00 bits per heavy atom. The molecule has 0 amide bonds. The highest BCUT2D eigenvalue weighted by Gasteiger charge is 2.35. The van der Waals surface area contributed by atoms with Gasteiger partial charge in [0, 0.05) is 16.6 Å². The smallest absolute Gasteiger partial charge is 0.173 e. The predicted molar refractivity (Wildman–Crippen MR) is 86.8 cm³/mol. The molecule has 0 bridgehead atoms. The van der Waals surface area contributed by atoms with Crippen LogP contribution in [0.4, 0.5) is 0 Å². The van der Waals surface area contributed by atoms with E-state index in [9.17, 15) is 9.59 Å². The summed E-state index contributed by atoms with van der Waals surface area (Å²) in [5, 5.41) is 0.0833. The van der Waals surface area contributed by atoms with Crippen LogP contribution in [0.25, 0.3) is 0 Å². The Kier molecular flexibility index (Phi) is 3.84. The van der Waals surface area contributed by atoms with Crippen LogP contribution in [0.2, 0.25) is 0 Å². The molecule has 2 aromatic carbocycles. The molecule has 1 unspecified atom stereocenters. The van der Waals surface area contributed by atoms with Gasteiger partial charge in [-0.05, 0) is 24.6 Å². The van der Waals surface area contributed by atoms with Crippen LogP contribution in [0, 0.1) is 0 Å². The lowest BCUT2D eigenvalue weighted by molar-refractivity contribution is -0.115. The first kappa shape index (κ1) is 14.0. The van der Waals surface area contributed by atoms with Crippen molar-refractivity contribution in [3.63, 3.8) is 0 Å². The number of hydrogen-bond acceptors (Lipinski definition) is 2. The van der Waals surface area contributed by atoms with E-state index in [4.69, 9.17) is 0 Å². The quantitative estimate of drug-likeness (QED) is 0.808. The van der Waals surface area contributed by atoms with Gasteiger partial charge >= 0.3 is 0 Å². The lowest BCUT2D eigenvalue weighted by Gasteiger charge is -2.17. The molecule has 2 atom stereocenters. The molecular weight excluding hydrogens is 280 g/mol. The summed E-state index contributed by atoms with van der Waals surface area (Å²) in [5.74, 6) is -0.0887. The summed E-state index contributed by atoms with van der Waals surface area (Å²) >= 11 is 0. The molecule has 106 valence electrons. The molecule has 0 radical (unpaired) electrons. The highest BCUT2D eigenvalue weighted by Crippen LogP contribution is 2.49. The number of benzene rings is 2. The first-order valence-corrected chi connectivity index (χ1v) is 8.21. The maximum Gasteiger partial charge on any atom is 0.173 e. The molecule has 0 saturated carbocycles. The first-order chi connectivity index (χ1) is 10.2. The van der Waals surface area contributed by atoms with Crippen molar-refractivity contribution in [1.82, 2.24) is 0 Å². The van der Waals surface area contributed by atoms with E-state index in [1.54, 1.807) is 0 Å². The molecule has 0 N–H and O–H groups in total. The number of carbonyl (C=O) groups excluding carboxylic acids is 2. The minimum atomic E-state index is -0.460. The highest BCUT2D eigenvalue weighted by molar-refractivity contribution is 8.18. The Balaban J connectivity index is 2.19. The number of hydrogen-bond donors (Lipinski definition) is 0. The number of ketones is 2. The highest BCUT2D eigenvalue weighted by atomic mass is 32.2. The molecule has 0 spiro atoms. The normalized spacial score (nSPS) is 21.6. The van der Waals surface area contributed by atoms with Gasteiger partial charge in [-0.25, -0.2) is 0 Å². The predicted octanol–water partition coefficient (Wildman–Crippen LogP) is 3.79. The molecular formula is C18H16O2S. The average Bonchev–Trinajstić information content (AvgIpc) is 2.86. The Hall–Kier alpha value is -2.00. The van der Waals surface area contributed by atoms with Gasteiger partial charge in [-0.1, -0.05) is 48.5 Å². The zero-order valence-electron chi connectivity index (χ0n) is 11.8. The second kappa shape index (κ2) is 5.78. The topological polar surface area (TPSA) is 34.1 Å². The molecule has 0 aliphatic carbocycles. The summed E-state index contributed by atoms with van der Waals surface area (Å²) in [5.41, 5.74) is 1.13. The third-order valence-corrected chi connectivity index (χ3v) is 6.36. The summed E-state index contributed by atoms with van der Waals surface area (Å²) in [4.78, 5) is 25.9. The fourth-order valence-corrected chi connectivity index (χ4v) is 5.42. The van der Waals surface area contributed by atoms with E-state index in [2.05, 4.69) is 0 Å². The molecule has 0 aromatic heterocycles. The van der Waals surface area contributed by atoms with Gasteiger partial charge in [-0.2, -0.15) is 0 Å². The first-order valence-electron chi connectivity index (χ1n) is 6.92. The van der Waals surface area contributed by atoms with Crippen molar-refractivity contribution in [2.75, 3.05) is 0 Å². The summed E-state index contributed by atoms with van der Waals surface area (Å²) in [6, 6.07) is 19.9. The van der Waals surface area contributed by atoms with Gasteiger partial charge in [0.05, 0.1) is 4.86 Å². The molecule has 1 aliphatic rings. The largest absolute Gasteiger partial charge is 0.294 e. The molecule has 3 heteroatoms. The van der Waals surface area contributed by atoms with Crippen LogP contribution < -0.4 is 0 Å². The van der Waals surface area contributed by atoms with Gasteiger partial charge in [0.25, 0.3) is 0 Å². The second-order valence-corrected chi connectivity index (χ2v) is 7.19. The zero-order valence-corrected chi connectivity index (χ0v) is 12.6. The van der Waals surface area contributed by atoms with Gasteiger partial charge in [0.1, 0.15) is 0 Å². The minimum absolute atomic E-state index is 0.00328. The lowest BCUT2D eigenvalue weighted by Crippen LogP contribution is -2.16. The number of carbonyl (C=O) groups is 2. The van der Waals surface area contributed by atoms with Crippen molar-refractivity contribution < 1.29 is 9.59 Å². The van der Waals surface area contributed by atoms with Crippen molar-refractivity contribution in [3.05, 3.63) is 66.2 Å². The average molecular weight is 296 g/mol. The lowest BCUT2D eigenvalue weighted by atomic mass is 10.1. The minimum Gasteiger partial charge on any atom is -0.294 e. The Labute approximate surface area is 126 Å². The molecule has 21 heavy (non-hydrogen) atoms. The number of rotatable bonds is 3. The Morgan fingerprint density at radius 3 is 2.14 bits per heavy atom. The third-order valence-electron chi connectivity index (χ3n) is 3.62. The van der Waals surface area contributed by atoms with Crippen LogP contribution in [0.5, 0.6) is 0 Å². The maximum atomic E-state index is 12.3. The summed E-state index contributed by atoms with van der Waals surface area (Å²) in [7, 11) is -0.460. The Bertz CT molecular complexity index is 717. The summed E-state index contributed by atoms with van der Waals surface area (Å²) in [6.45, 7) is 1.50. The van der Waals surface area contributed by atoms with Gasteiger partial charge in [-0.15, -0.1) is 10.5 Å². The zero-order chi connectivity index (χ0) is 14.8. The maximum absolute atomic E-state index is 12.3. The summed E-state index contributed by atoms with van der Waals surface area (Å²) in [6.07, 6.45) is 0.428. The van der Waals surface area contributed by atoms with Crippen LogP contribution in [0.1, 0.15) is 24.2 Å². The van der Waals surface area contributed by atoms with E-state index in [0.29, 0.717) is 11.3 Å². The van der Waals surface area contributed by atoms with Gasteiger partial charge < -0.3 is 0 Å². The SMILES string of the molecule is CC(=O)C1=S(c2ccccc2)[C@H](c2ccccc2)CC1=O. The van der Waals surface area contributed by atoms with E-state index < -0.39 is 10.5 Å². The molecule has 1 heterocycles. The fraction of sp³-hybridized carbons (Fsp3) is 0.167. The monoisotopic (exact) mass is 296 g/mol. The number of Topliss-reactive ketones (excluding diaryl/α,β-unsaturated/α-hetero) is 2. The van der Waals surface area contributed by atoms with Gasteiger partial charge in [-0.3, -0.25) is 9.59 Å². The molecule has 0 fully saturated rings. The van der Waals surface area contributed by atoms with E-state index in [1.165, 1.54) is 6.92 Å². The summed E-state index contributed by atoms with van der Waals surface area (Å²) < 4.78 is 0. The van der Waals surface area contributed by atoms with E-state index >= 15 is 0 Å². The van der Waals surface area contributed by atoms with E-state index in [0.717, 1.165) is 10.5 Å². The van der Waals surface area contributed by atoms with Crippen LogP contribution in [0.15, 0.2) is 65.6 Å². The standard InChI is InChI=1S/C18H16O2S/c1-13(19)18-16(20)12-17(14-8-4-2-5-9-14)21(18)15-10-6-3-7-11-15/h2-11,17H,12H2,1H3/t17-,21?/m0/s1. The van der Waals surface area contributed by atoms with Crippen LogP contribution >= 0.6 is 10.5 Å². The van der Waals surface area contributed by atoms with Crippen LogP contribution in [-0.2, 0) is 9.59 Å². The van der Waals surface area contributed by atoms with Crippen molar-refractivity contribution in [1.29, 1.82) is 0 Å². The third kappa shape index (κ3) is 2.61. The van der Waals surface area contributed by atoms with Crippen LogP contribution in [-0.4, -0.2) is 16.4 Å². The Morgan fingerprint density at radius 2 is 1.57 bits per heavy atom. The fourth-order valence-electron chi connectivity index (χ4n) is 2.73. The van der Waals surface area contributed by atoms with E-state index in [1.807, 2.05) is 60.7 Å². The van der Waals surface area contributed by atoms with Gasteiger partial charge in [0.2, 0.25) is 0 Å². The van der Waals surface area contributed by atoms with Crippen molar-refractivity contribution in [3.8, 4) is 0 Å². The van der Waals surface area contributed by atoms with Crippen LogP contribution in [0.3, 0.4) is 0 Å². The molecule has 2 aromatic rings. The molecule has 0 saturated heterocycles. The van der Waals surface area contributed by atoms with Crippen molar-refractivity contribution in [2.24, 2.45) is 0 Å². The molecule has 1 aliphatic heterocycles. The molecule has 2 nitrogen and oxygen atoms in total. The van der Waals surface area contributed by atoms with Crippen molar-refractivity contribution in [2.45, 2.75) is 23.5 Å². The van der Waals surface area contributed by atoms with Gasteiger partial charge in [0.15, 0.2) is 11.6 Å². The van der Waals surface area contributed by atoms with E-state index in [-0.39, 0.29) is 16.8 Å².